The van der Waals surface area contributed by atoms with Crippen molar-refractivity contribution in [2.45, 2.75) is 63.9 Å². The number of aliphatic hydroxyl groups is 1. The van der Waals surface area contributed by atoms with Crippen molar-refractivity contribution in [2.75, 3.05) is 0 Å². The van der Waals surface area contributed by atoms with Crippen molar-refractivity contribution in [3.63, 3.8) is 0 Å². The Labute approximate surface area is 69.8 Å². The third kappa shape index (κ3) is 2.82. The van der Waals surface area contributed by atoms with Gasteiger partial charge in [-0.25, -0.2) is 0 Å². The van der Waals surface area contributed by atoms with Gasteiger partial charge in [-0.3, -0.25) is 0 Å². The monoisotopic (exact) mass is 156 g/mol. The average molecular weight is 156 g/mol. The second-order valence-corrected chi connectivity index (χ2v) is 3.89. The van der Waals surface area contributed by atoms with Crippen molar-refractivity contribution in [3.8, 4) is 0 Å². The molecule has 0 aliphatic heterocycles. The van der Waals surface area contributed by atoms with Crippen LogP contribution < -0.4 is 0 Å². The molecular weight excluding hydrogens is 136 g/mol. The number of hydrogen-bond donors (Lipinski definition) is 1. The van der Waals surface area contributed by atoms with Crippen molar-refractivity contribution in [2.24, 2.45) is 0 Å². The van der Waals surface area contributed by atoms with Crippen LogP contribution in [0, 0.1) is 0 Å². The highest BCUT2D eigenvalue weighted by Gasteiger charge is 2.33. The summed E-state index contributed by atoms with van der Waals surface area (Å²) < 4.78 is 0. The van der Waals surface area contributed by atoms with E-state index < -0.39 is 0 Å². The van der Waals surface area contributed by atoms with Crippen LogP contribution in [0.5, 0.6) is 0 Å². The fraction of sp³-hybridized carbons (Fsp3) is 1.00. The lowest BCUT2D eigenvalue weighted by atomic mass is 9.77. The minimum absolute atomic E-state index is 0.228. The molecule has 1 heteroatoms. The zero-order valence-electron chi connectivity index (χ0n) is 7.60. The van der Waals surface area contributed by atoms with Crippen molar-refractivity contribution < 1.29 is 5.11 Å². The summed E-state index contributed by atoms with van der Waals surface area (Å²) >= 11 is 0. The van der Waals surface area contributed by atoms with E-state index in [0.717, 1.165) is 19.3 Å². The fourth-order valence-corrected chi connectivity index (χ4v) is 1.72. The molecule has 0 bridgehead atoms. The van der Waals surface area contributed by atoms with Crippen LogP contribution in [-0.4, -0.2) is 10.7 Å². The van der Waals surface area contributed by atoms with E-state index in [1.165, 1.54) is 32.1 Å². The van der Waals surface area contributed by atoms with Gasteiger partial charge >= 0.3 is 0 Å². The summed E-state index contributed by atoms with van der Waals surface area (Å²) in [5, 5.41) is 9.71. The quantitative estimate of drug-likeness (QED) is 0.607. The average Bonchev–Trinajstić information content (AvgIpc) is 1.95. The van der Waals surface area contributed by atoms with E-state index in [1.807, 2.05) is 0 Å². The predicted octanol–water partition coefficient (Wildman–Crippen LogP) is 2.87. The molecule has 11 heavy (non-hydrogen) atoms. The lowest BCUT2D eigenvalue weighted by Crippen LogP contribution is -2.36. The van der Waals surface area contributed by atoms with Crippen LogP contribution in [0.2, 0.25) is 0 Å². The lowest BCUT2D eigenvalue weighted by molar-refractivity contribution is -0.0419. The van der Waals surface area contributed by atoms with Gasteiger partial charge in [0.15, 0.2) is 0 Å². The van der Waals surface area contributed by atoms with Crippen molar-refractivity contribution in [3.05, 3.63) is 0 Å². The van der Waals surface area contributed by atoms with Crippen LogP contribution >= 0.6 is 0 Å². The normalized spacial score (nSPS) is 21.3. The zero-order valence-corrected chi connectivity index (χ0v) is 7.60. The summed E-state index contributed by atoms with van der Waals surface area (Å²) in [6.07, 6.45) is 9.55. The van der Waals surface area contributed by atoms with Gasteiger partial charge < -0.3 is 5.11 Å². The van der Waals surface area contributed by atoms with E-state index in [0.29, 0.717) is 0 Å². The summed E-state index contributed by atoms with van der Waals surface area (Å²) in [6, 6.07) is 0. The second-order valence-electron chi connectivity index (χ2n) is 3.89. The topological polar surface area (TPSA) is 20.2 Å². The summed E-state index contributed by atoms with van der Waals surface area (Å²) in [6.45, 7) is 2.22. The van der Waals surface area contributed by atoms with Gasteiger partial charge in [-0.2, -0.15) is 0 Å². The molecule has 1 N–H and O–H groups in total. The molecule has 0 spiro atoms. The zero-order chi connectivity index (χ0) is 8.16. The molecule has 0 aromatic heterocycles. The number of unbranched alkanes of at least 4 members (excludes halogenated alkanes) is 3. The molecule has 1 aliphatic carbocycles. The molecule has 0 aromatic carbocycles. The Morgan fingerprint density at radius 3 is 2.36 bits per heavy atom. The van der Waals surface area contributed by atoms with Crippen molar-refractivity contribution in [1.82, 2.24) is 0 Å². The Kier molecular flexibility index (Phi) is 3.38. The first kappa shape index (κ1) is 9.05. The van der Waals surface area contributed by atoms with Crippen molar-refractivity contribution >= 4 is 0 Å². The third-order valence-corrected chi connectivity index (χ3v) is 2.78. The molecule has 1 fully saturated rings. The maximum atomic E-state index is 9.71. The molecule has 1 saturated carbocycles. The molecule has 0 aromatic rings. The number of hydrogen-bond acceptors (Lipinski definition) is 1. The van der Waals surface area contributed by atoms with Crippen molar-refractivity contribution in [1.29, 1.82) is 0 Å². The van der Waals surface area contributed by atoms with Gasteiger partial charge in [0.05, 0.1) is 5.60 Å². The maximum absolute atomic E-state index is 9.71. The van der Waals surface area contributed by atoms with Crippen LogP contribution in [0.1, 0.15) is 58.3 Å². The molecule has 1 aliphatic rings. The van der Waals surface area contributed by atoms with E-state index in [2.05, 4.69) is 6.92 Å². The maximum Gasteiger partial charge on any atom is 0.0647 e. The van der Waals surface area contributed by atoms with Gasteiger partial charge in [-0.15, -0.1) is 0 Å². The molecule has 1 nitrogen and oxygen atoms in total. The first-order valence-corrected chi connectivity index (χ1v) is 4.99. The summed E-state index contributed by atoms with van der Waals surface area (Å²) in [7, 11) is 0. The van der Waals surface area contributed by atoms with E-state index >= 15 is 0 Å². The Morgan fingerprint density at radius 2 is 1.91 bits per heavy atom. The SMILES string of the molecule is CCCCCCC1(O)CCC1. The molecule has 66 valence electrons. The Morgan fingerprint density at radius 1 is 1.18 bits per heavy atom. The van der Waals surface area contributed by atoms with E-state index in [-0.39, 0.29) is 5.60 Å². The van der Waals surface area contributed by atoms with E-state index in [1.54, 1.807) is 0 Å². The Balaban J connectivity index is 1.94. The largest absolute Gasteiger partial charge is 0.390 e. The van der Waals surface area contributed by atoms with Crippen LogP contribution in [0.3, 0.4) is 0 Å². The van der Waals surface area contributed by atoms with E-state index in [4.69, 9.17) is 0 Å². The Hall–Kier alpha value is -0.0400. The molecule has 0 unspecified atom stereocenters. The molecule has 0 heterocycles. The minimum Gasteiger partial charge on any atom is -0.390 e. The molecule has 0 amide bonds. The predicted molar refractivity (Wildman–Crippen MR) is 47.6 cm³/mol. The van der Waals surface area contributed by atoms with Gasteiger partial charge in [-0.1, -0.05) is 32.6 Å². The molecule has 1 rings (SSSR count). The highest BCUT2D eigenvalue weighted by molar-refractivity contribution is 4.86. The number of rotatable bonds is 5. The summed E-state index contributed by atoms with van der Waals surface area (Å²) in [5.74, 6) is 0. The summed E-state index contributed by atoms with van der Waals surface area (Å²) in [4.78, 5) is 0. The van der Waals surface area contributed by atoms with Crippen LogP contribution in [0.4, 0.5) is 0 Å². The third-order valence-electron chi connectivity index (χ3n) is 2.78. The molecular formula is C10H20O. The first-order chi connectivity index (χ1) is 5.27. The molecule has 0 radical (unpaired) electrons. The first-order valence-electron chi connectivity index (χ1n) is 4.99. The standard InChI is InChI=1S/C10H20O/c1-2-3-4-5-7-10(11)8-6-9-10/h11H,2-9H2,1H3. The van der Waals surface area contributed by atoms with Crippen LogP contribution in [0.25, 0.3) is 0 Å². The van der Waals surface area contributed by atoms with Gasteiger partial charge in [0.25, 0.3) is 0 Å². The van der Waals surface area contributed by atoms with Gasteiger partial charge in [-0.05, 0) is 25.7 Å². The van der Waals surface area contributed by atoms with E-state index in [9.17, 15) is 5.11 Å². The minimum atomic E-state index is -0.228. The molecule has 0 saturated heterocycles. The fourth-order valence-electron chi connectivity index (χ4n) is 1.72. The summed E-state index contributed by atoms with van der Waals surface area (Å²) in [5.41, 5.74) is -0.228. The van der Waals surface area contributed by atoms with Gasteiger partial charge in [0, 0.05) is 0 Å². The highest BCUT2D eigenvalue weighted by atomic mass is 16.3. The lowest BCUT2D eigenvalue weighted by Gasteiger charge is -2.36. The Bertz CT molecular complexity index is 105. The highest BCUT2D eigenvalue weighted by Crippen LogP contribution is 2.35. The van der Waals surface area contributed by atoms with Crippen LogP contribution in [0.15, 0.2) is 0 Å². The van der Waals surface area contributed by atoms with Crippen LogP contribution in [-0.2, 0) is 0 Å². The van der Waals surface area contributed by atoms with Gasteiger partial charge in [0.2, 0.25) is 0 Å². The second kappa shape index (κ2) is 4.10. The molecule has 0 atom stereocenters. The smallest absolute Gasteiger partial charge is 0.0647 e. The van der Waals surface area contributed by atoms with Gasteiger partial charge in [0.1, 0.15) is 0 Å².